The van der Waals surface area contributed by atoms with E-state index in [1.807, 2.05) is 18.2 Å². The quantitative estimate of drug-likeness (QED) is 0.903. The Morgan fingerprint density at radius 3 is 2.79 bits per heavy atom. The molecule has 0 radical (unpaired) electrons. The van der Waals surface area contributed by atoms with Crippen LogP contribution < -0.4 is 14.8 Å². The third-order valence-electron chi connectivity index (χ3n) is 4.24. The van der Waals surface area contributed by atoms with E-state index in [-0.39, 0.29) is 11.3 Å². The predicted octanol–water partition coefficient (Wildman–Crippen LogP) is 1.70. The van der Waals surface area contributed by atoms with Crippen molar-refractivity contribution in [3.8, 4) is 11.5 Å². The summed E-state index contributed by atoms with van der Waals surface area (Å²) >= 11 is 0. The normalized spacial score (nSPS) is 15.0. The summed E-state index contributed by atoms with van der Waals surface area (Å²) in [5.41, 5.74) is 0.841. The van der Waals surface area contributed by atoms with Crippen molar-refractivity contribution in [1.82, 2.24) is 20.1 Å². The Labute approximate surface area is 141 Å². The summed E-state index contributed by atoms with van der Waals surface area (Å²) in [5.74, 6) is 1.44. The number of hydrogen-bond acceptors (Lipinski definition) is 5. The summed E-state index contributed by atoms with van der Waals surface area (Å²) in [5, 5.41) is 6.99. The van der Waals surface area contributed by atoms with Gasteiger partial charge in [0.1, 0.15) is 31.9 Å². The van der Waals surface area contributed by atoms with Crippen LogP contribution in [0, 0.1) is 0 Å². The Kier molecular flexibility index (Phi) is 4.42. The Morgan fingerprint density at radius 1 is 1.33 bits per heavy atom. The van der Waals surface area contributed by atoms with Gasteiger partial charge >= 0.3 is 0 Å². The Morgan fingerprint density at radius 2 is 2.08 bits per heavy atom. The van der Waals surface area contributed by atoms with Crippen molar-refractivity contribution in [2.45, 2.75) is 32.2 Å². The molecule has 0 saturated carbocycles. The van der Waals surface area contributed by atoms with Gasteiger partial charge in [-0.3, -0.25) is 4.79 Å². The number of fused-ring (bicyclic) bond motifs is 1. The molecule has 128 valence electrons. The number of carbonyl (C=O) groups is 1. The molecule has 24 heavy (non-hydrogen) atoms. The number of rotatable bonds is 5. The highest BCUT2D eigenvalue weighted by Gasteiger charge is 2.25. The van der Waals surface area contributed by atoms with Crippen LogP contribution in [0.3, 0.4) is 0 Å². The van der Waals surface area contributed by atoms with Gasteiger partial charge < -0.3 is 14.8 Å². The maximum atomic E-state index is 12.3. The topological polar surface area (TPSA) is 78.3 Å². The van der Waals surface area contributed by atoms with Crippen LogP contribution in [0.1, 0.15) is 32.4 Å². The summed E-state index contributed by atoms with van der Waals surface area (Å²) in [6.45, 7) is 7.60. The van der Waals surface area contributed by atoms with Crippen molar-refractivity contribution in [2.75, 3.05) is 19.8 Å². The Bertz CT molecular complexity index is 713. The molecular formula is C17H22N4O3. The molecule has 2 heterocycles. The van der Waals surface area contributed by atoms with Gasteiger partial charge in [-0.1, -0.05) is 19.9 Å². The monoisotopic (exact) mass is 330 g/mol. The lowest BCUT2D eigenvalue weighted by molar-refractivity contribution is -0.124. The molecule has 1 aliphatic heterocycles. The second kappa shape index (κ2) is 6.51. The second-order valence-corrected chi connectivity index (χ2v) is 6.51. The van der Waals surface area contributed by atoms with E-state index in [1.165, 1.54) is 17.3 Å². The van der Waals surface area contributed by atoms with Gasteiger partial charge in [-0.05, 0) is 24.6 Å². The highest BCUT2D eigenvalue weighted by Crippen LogP contribution is 2.34. The van der Waals surface area contributed by atoms with E-state index in [9.17, 15) is 4.79 Å². The number of nitrogens with zero attached hydrogens (tertiary/aromatic N) is 3. The van der Waals surface area contributed by atoms with Gasteiger partial charge in [0.2, 0.25) is 5.91 Å². The van der Waals surface area contributed by atoms with Crippen LogP contribution in [0.25, 0.3) is 0 Å². The molecule has 1 atom stereocenters. The fraction of sp³-hybridized carbons (Fsp3) is 0.471. The molecule has 7 nitrogen and oxygen atoms in total. The first-order valence-corrected chi connectivity index (χ1v) is 7.99. The molecule has 1 amide bonds. The lowest BCUT2D eigenvalue weighted by atomic mass is 9.84. The molecule has 2 aromatic rings. The maximum Gasteiger partial charge on any atom is 0.244 e. The molecule has 1 aliphatic rings. The minimum absolute atomic E-state index is 0.0916. The van der Waals surface area contributed by atoms with E-state index in [0.717, 1.165) is 17.1 Å². The number of ether oxygens (including phenoxy) is 2. The van der Waals surface area contributed by atoms with Crippen LogP contribution in [-0.4, -0.2) is 40.4 Å². The van der Waals surface area contributed by atoms with E-state index in [1.54, 1.807) is 6.92 Å². The third kappa shape index (κ3) is 3.34. The summed E-state index contributed by atoms with van der Waals surface area (Å²) < 4.78 is 12.7. The van der Waals surface area contributed by atoms with Gasteiger partial charge in [0.25, 0.3) is 0 Å². The third-order valence-corrected chi connectivity index (χ3v) is 4.24. The van der Waals surface area contributed by atoms with E-state index < -0.39 is 6.04 Å². The van der Waals surface area contributed by atoms with E-state index in [4.69, 9.17) is 9.47 Å². The van der Waals surface area contributed by atoms with Crippen LogP contribution in [0.4, 0.5) is 0 Å². The van der Waals surface area contributed by atoms with Crippen LogP contribution >= 0.6 is 0 Å². The number of hydrogen-bond donors (Lipinski definition) is 1. The van der Waals surface area contributed by atoms with E-state index >= 15 is 0 Å². The Hall–Kier alpha value is -2.57. The van der Waals surface area contributed by atoms with Crippen LogP contribution in [-0.2, 0) is 10.2 Å². The zero-order chi connectivity index (χ0) is 17.2. The molecule has 3 rings (SSSR count). The summed E-state index contributed by atoms with van der Waals surface area (Å²) in [6, 6.07) is 5.52. The second-order valence-electron chi connectivity index (χ2n) is 6.51. The van der Waals surface area contributed by atoms with Gasteiger partial charge in [0.15, 0.2) is 11.5 Å². The molecular weight excluding hydrogens is 308 g/mol. The summed E-state index contributed by atoms with van der Waals surface area (Å²) in [4.78, 5) is 16.2. The van der Waals surface area contributed by atoms with Crippen molar-refractivity contribution in [1.29, 1.82) is 0 Å². The molecule has 0 aliphatic carbocycles. The summed E-state index contributed by atoms with van der Waals surface area (Å²) in [6.07, 6.45) is 2.96. The molecule has 0 saturated heterocycles. The number of carbonyl (C=O) groups excluding carboxylic acids is 1. The zero-order valence-electron chi connectivity index (χ0n) is 14.2. The average Bonchev–Trinajstić information content (AvgIpc) is 3.13. The molecule has 7 heteroatoms. The lowest BCUT2D eigenvalue weighted by Crippen LogP contribution is -2.39. The minimum atomic E-state index is -0.399. The first-order valence-electron chi connectivity index (χ1n) is 7.99. The van der Waals surface area contributed by atoms with Crippen LogP contribution in [0.2, 0.25) is 0 Å². The number of benzene rings is 1. The smallest absolute Gasteiger partial charge is 0.244 e. The molecule has 0 unspecified atom stereocenters. The van der Waals surface area contributed by atoms with Gasteiger partial charge in [0.05, 0.1) is 0 Å². The standard InChI is InChI=1S/C17H22N4O3/c1-12(21-11-18-10-20-21)16(22)19-9-17(2,3)13-4-5-14-15(8-13)24-7-6-23-14/h4-5,8,10-12H,6-7,9H2,1-3H3,(H,19,22)/t12-/m1/s1. The molecule has 1 aromatic carbocycles. The first kappa shape index (κ1) is 16.3. The number of amides is 1. The lowest BCUT2D eigenvalue weighted by Gasteiger charge is -2.28. The van der Waals surface area contributed by atoms with Gasteiger partial charge in [0, 0.05) is 12.0 Å². The zero-order valence-corrected chi connectivity index (χ0v) is 14.2. The minimum Gasteiger partial charge on any atom is -0.486 e. The van der Waals surface area contributed by atoms with Gasteiger partial charge in [-0.15, -0.1) is 0 Å². The average molecular weight is 330 g/mol. The number of nitrogens with one attached hydrogen (secondary N) is 1. The molecule has 0 bridgehead atoms. The molecule has 0 spiro atoms. The van der Waals surface area contributed by atoms with Crippen LogP contribution in [0.5, 0.6) is 11.5 Å². The van der Waals surface area contributed by atoms with Crippen molar-refractivity contribution in [3.63, 3.8) is 0 Å². The highest BCUT2D eigenvalue weighted by molar-refractivity contribution is 5.79. The predicted molar refractivity (Wildman–Crippen MR) is 88.2 cm³/mol. The van der Waals surface area contributed by atoms with Crippen molar-refractivity contribution in [2.24, 2.45) is 0 Å². The Balaban J connectivity index is 1.66. The highest BCUT2D eigenvalue weighted by atomic mass is 16.6. The van der Waals surface area contributed by atoms with Crippen LogP contribution in [0.15, 0.2) is 30.9 Å². The first-order chi connectivity index (χ1) is 11.5. The van der Waals surface area contributed by atoms with Crippen molar-refractivity contribution < 1.29 is 14.3 Å². The van der Waals surface area contributed by atoms with Crippen molar-refractivity contribution >= 4 is 5.91 Å². The fourth-order valence-electron chi connectivity index (χ4n) is 2.56. The largest absolute Gasteiger partial charge is 0.486 e. The van der Waals surface area contributed by atoms with Crippen molar-refractivity contribution in [3.05, 3.63) is 36.4 Å². The van der Waals surface area contributed by atoms with E-state index in [0.29, 0.717) is 19.8 Å². The molecule has 1 aromatic heterocycles. The molecule has 0 fully saturated rings. The SMILES string of the molecule is C[C@H](C(=O)NCC(C)(C)c1ccc2c(c1)OCCO2)n1cncn1. The number of aromatic nitrogens is 3. The summed E-state index contributed by atoms with van der Waals surface area (Å²) in [7, 11) is 0. The molecule has 1 N–H and O–H groups in total. The van der Waals surface area contributed by atoms with E-state index in [2.05, 4.69) is 29.2 Å². The fourth-order valence-corrected chi connectivity index (χ4v) is 2.56. The van der Waals surface area contributed by atoms with Gasteiger partial charge in [-0.25, -0.2) is 9.67 Å². The maximum absolute atomic E-state index is 12.3. The van der Waals surface area contributed by atoms with Gasteiger partial charge in [-0.2, -0.15) is 5.10 Å².